The van der Waals surface area contributed by atoms with E-state index >= 15 is 0 Å². The van der Waals surface area contributed by atoms with Gasteiger partial charge in [-0.05, 0) is 37.1 Å². The summed E-state index contributed by atoms with van der Waals surface area (Å²) in [6.07, 6.45) is 4.25. The van der Waals surface area contributed by atoms with Gasteiger partial charge in [0.15, 0.2) is 5.82 Å². The van der Waals surface area contributed by atoms with Crippen LogP contribution in [-0.2, 0) is 6.42 Å². The average Bonchev–Trinajstić information content (AvgIpc) is 2.91. The van der Waals surface area contributed by atoms with E-state index < -0.39 is 0 Å². The van der Waals surface area contributed by atoms with Crippen LogP contribution in [0.2, 0.25) is 0 Å². The van der Waals surface area contributed by atoms with E-state index in [1.807, 2.05) is 12.1 Å². The minimum atomic E-state index is 0.236. The first-order valence-electron chi connectivity index (χ1n) is 6.61. The van der Waals surface area contributed by atoms with Crippen molar-refractivity contribution in [3.05, 3.63) is 46.0 Å². The van der Waals surface area contributed by atoms with Crippen molar-refractivity contribution >= 4 is 15.9 Å². The van der Waals surface area contributed by atoms with E-state index in [1.54, 1.807) is 0 Å². The molecule has 2 aromatic rings. The summed E-state index contributed by atoms with van der Waals surface area (Å²) in [4.78, 5) is 4.50. The Labute approximate surface area is 120 Å². The highest BCUT2D eigenvalue weighted by molar-refractivity contribution is 9.10. The summed E-state index contributed by atoms with van der Waals surface area (Å²) in [5.74, 6) is 1.48. The lowest BCUT2D eigenvalue weighted by atomic mass is 10.1. The maximum absolute atomic E-state index is 5.37. The second kappa shape index (κ2) is 5.84. The second-order valence-electron chi connectivity index (χ2n) is 4.85. The lowest BCUT2D eigenvalue weighted by Crippen LogP contribution is -2.27. The number of nitrogens with one attached hydrogen (secondary N) is 1. The first-order valence-corrected chi connectivity index (χ1v) is 7.41. The second-order valence-corrected chi connectivity index (χ2v) is 5.77. The van der Waals surface area contributed by atoms with Crippen LogP contribution in [0.1, 0.15) is 42.6 Å². The molecule has 0 aliphatic carbocycles. The lowest BCUT2D eigenvalue weighted by molar-refractivity contribution is 0.296. The predicted octanol–water partition coefficient (Wildman–Crippen LogP) is 3.24. The largest absolute Gasteiger partial charge is 0.338 e. The molecule has 1 N–H and O–H groups in total. The summed E-state index contributed by atoms with van der Waals surface area (Å²) in [6.45, 7) is 1.04. The van der Waals surface area contributed by atoms with Crippen LogP contribution in [0.4, 0.5) is 0 Å². The summed E-state index contributed by atoms with van der Waals surface area (Å²) < 4.78 is 6.45. The monoisotopic (exact) mass is 321 g/mol. The SMILES string of the molecule is Brc1ccc(Cc2noc(C3CCCCN3)n2)cc1. The average molecular weight is 322 g/mol. The molecule has 0 saturated carbocycles. The molecule has 2 heterocycles. The molecule has 0 radical (unpaired) electrons. The quantitative estimate of drug-likeness (QED) is 0.942. The van der Waals surface area contributed by atoms with Crippen molar-refractivity contribution in [3.63, 3.8) is 0 Å². The van der Waals surface area contributed by atoms with Gasteiger partial charge in [0, 0.05) is 10.9 Å². The Balaban J connectivity index is 1.68. The molecule has 1 fully saturated rings. The molecule has 5 heteroatoms. The van der Waals surface area contributed by atoms with Gasteiger partial charge in [0.05, 0.1) is 6.04 Å². The van der Waals surface area contributed by atoms with Crippen LogP contribution in [0, 0.1) is 0 Å². The molecule has 1 atom stereocenters. The molecular weight excluding hydrogens is 306 g/mol. The molecule has 19 heavy (non-hydrogen) atoms. The Morgan fingerprint density at radius 3 is 2.84 bits per heavy atom. The van der Waals surface area contributed by atoms with Gasteiger partial charge >= 0.3 is 0 Å². The van der Waals surface area contributed by atoms with Crippen molar-refractivity contribution in [2.45, 2.75) is 31.7 Å². The topological polar surface area (TPSA) is 51.0 Å². The number of rotatable bonds is 3. The van der Waals surface area contributed by atoms with Gasteiger partial charge in [-0.3, -0.25) is 0 Å². The minimum absolute atomic E-state index is 0.236. The number of halogens is 1. The zero-order valence-corrected chi connectivity index (χ0v) is 12.2. The minimum Gasteiger partial charge on any atom is -0.338 e. The summed E-state index contributed by atoms with van der Waals surface area (Å²) in [7, 11) is 0. The lowest BCUT2D eigenvalue weighted by Gasteiger charge is -2.19. The highest BCUT2D eigenvalue weighted by Gasteiger charge is 2.20. The van der Waals surface area contributed by atoms with Gasteiger partial charge < -0.3 is 9.84 Å². The molecule has 3 rings (SSSR count). The van der Waals surface area contributed by atoms with Crippen LogP contribution >= 0.6 is 15.9 Å². The summed E-state index contributed by atoms with van der Waals surface area (Å²) in [5.41, 5.74) is 1.19. The van der Waals surface area contributed by atoms with Crippen molar-refractivity contribution in [2.75, 3.05) is 6.54 Å². The van der Waals surface area contributed by atoms with Crippen molar-refractivity contribution < 1.29 is 4.52 Å². The number of benzene rings is 1. The van der Waals surface area contributed by atoms with E-state index in [9.17, 15) is 0 Å². The van der Waals surface area contributed by atoms with E-state index in [1.165, 1.54) is 18.4 Å². The summed E-state index contributed by atoms with van der Waals surface area (Å²) in [5, 5.41) is 7.49. The van der Waals surface area contributed by atoms with Gasteiger partial charge in [0.25, 0.3) is 0 Å². The van der Waals surface area contributed by atoms with Crippen LogP contribution in [0.5, 0.6) is 0 Å². The summed E-state index contributed by atoms with van der Waals surface area (Å²) in [6, 6.07) is 8.43. The van der Waals surface area contributed by atoms with Crippen LogP contribution in [-0.4, -0.2) is 16.7 Å². The number of piperidine rings is 1. The predicted molar refractivity (Wildman–Crippen MR) is 75.8 cm³/mol. The zero-order valence-electron chi connectivity index (χ0n) is 10.6. The molecule has 100 valence electrons. The maximum Gasteiger partial charge on any atom is 0.243 e. The van der Waals surface area contributed by atoms with E-state index in [-0.39, 0.29) is 6.04 Å². The third kappa shape index (κ3) is 3.22. The molecule has 0 spiro atoms. The third-order valence-corrected chi connectivity index (χ3v) is 3.90. The Morgan fingerprint density at radius 2 is 2.11 bits per heavy atom. The van der Waals surface area contributed by atoms with Gasteiger partial charge in [0.2, 0.25) is 5.89 Å². The van der Waals surface area contributed by atoms with E-state index in [2.05, 4.69) is 43.5 Å². The molecule has 1 aliphatic heterocycles. The molecule has 0 amide bonds. The Hall–Kier alpha value is -1.20. The first-order chi connectivity index (χ1) is 9.31. The molecule has 1 aromatic carbocycles. The van der Waals surface area contributed by atoms with Gasteiger partial charge in [0.1, 0.15) is 0 Å². The number of hydrogen-bond donors (Lipinski definition) is 1. The summed E-state index contributed by atoms with van der Waals surface area (Å²) >= 11 is 3.43. The highest BCUT2D eigenvalue weighted by atomic mass is 79.9. The van der Waals surface area contributed by atoms with Crippen LogP contribution in [0.25, 0.3) is 0 Å². The van der Waals surface area contributed by atoms with Crippen LogP contribution in [0.15, 0.2) is 33.3 Å². The Morgan fingerprint density at radius 1 is 1.26 bits per heavy atom. The molecular formula is C14H16BrN3O. The van der Waals surface area contributed by atoms with Gasteiger partial charge in [-0.25, -0.2) is 0 Å². The van der Waals surface area contributed by atoms with Crippen LogP contribution < -0.4 is 5.32 Å². The fourth-order valence-electron chi connectivity index (χ4n) is 2.33. The van der Waals surface area contributed by atoms with Gasteiger partial charge in [-0.2, -0.15) is 4.98 Å². The van der Waals surface area contributed by atoms with E-state index in [4.69, 9.17) is 4.52 Å². The maximum atomic E-state index is 5.37. The molecule has 1 unspecified atom stereocenters. The normalized spacial score (nSPS) is 19.5. The van der Waals surface area contributed by atoms with E-state index in [0.29, 0.717) is 6.42 Å². The van der Waals surface area contributed by atoms with Crippen molar-refractivity contribution in [2.24, 2.45) is 0 Å². The number of aromatic nitrogens is 2. The van der Waals surface area contributed by atoms with Crippen molar-refractivity contribution in [1.29, 1.82) is 0 Å². The fourth-order valence-corrected chi connectivity index (χ4v) is 2.59. The van der Waals surface area contributed by atoms with Crippen molar-refractivity contribution in [1.82, 2.24) is 15.5 Å². The van der Waals surface area contributed by atoms with E-state index in [0.717, 1.165) is 29.2 Å². The number of nitrogens with zero attached hydrogens (tertiary/aromatic N) is 2. The molecule has 1 saturated heterocycles. The van der Waals surface area contributed by atoms with Gasteiger partial charge in [-0.1, -0.05) is 39.6 Å². The first kappa shape index (κ1) is 12.8. The zero-order chi connectivity index (χ0) is 13.1. The number of hydrogen-bond acceptors (Lipinski definition) is 4. The van der Waals surface area contributed by atoms with Crippen LogP contribution in [0.3, 0.4) is 0 Å². The standard InChI is InChI=1S/C14H16BrN3O/c15-11-6-4-10(5-7-11)9-13-17-14(19-18-13)12-3-1-2-8-16-12/h4-7,12,16H,1-3,8-9H2. The smallest absolute Gasteiger partial charge is 0.243 e. The molecule has 1 aromatic heterocycles. The van der Waals surface area contributed by atoms with Gasteiger partial charge in [-0.15, -0.1) is 0 Å². The molecule has 1 aliphatic rings. The molecule has 0 bridgehead atoms. The van der Waals surface area contributed by atoms with Crippen molar-refractivity contribution in [3.8, 4) is 0 Å². The Bertz CT molecular complexity index is 532. The Kier molecular flexibility index (Phi) is 3.94. The third-order valence-electron chi connectivity index (χ3n) is 3.37. The highest BCUT2D eigenvalue weighted by Crippen LogP contribution is 2.21. The fraction of sp³-hybridized carbons (Fsp3) is 0.429. The molecule has 4 nitrogen and oxygen atoms in total.